The van der Waals surface area contributed by atoms with E-state index >= 15 is 0 Å². The molecule has 104 valence electrons. The Morgan fingerprint density at radius 3 is 3.10 bits per heavy atom. The molecule has 1 atom stereocenters. The van der Waals surface area contributed by atoms with Gasteiger partial charge in [0.1, 0.15) is 0 Å². The fourth-order valence-corrected chi connectivity index (χ4v) is 3.27. The molecule has 4 aromatic rings. The van der Waals surface area contributed by atoms with Gasteiger partial charge in [-0.05, 0) is 36.6 Å². The summed E-state index contributed by atoms with van der Waals surface area (Å²) >= 11 is 1.69. The average Bonchev–Trinajstić information content (AvgIpc) is 3.14. The van der Waals surface area contributed by atoms with Crippen molar-refractivity contribution < 1.29 is 0 Å². The van der Waals surface area contributed by atoms with Crippen molar-refractivity contribution in [2.24, 2.45) is 0 Å². The Bertz CT molecular complexity index is 910. The second kappa shape index (κ2) is 4.82. The molecule has 1 N–H and O–H groups in total. The number of hydrogen-bond acceptors (Lipinski definition) is 5. The van der Waals surface area contributed by atoms with E-state index in [1.165, 1.54) is 0 Å². The van der Waals surface area contributed by atoms with Crippen LogP contribution in [-0.2, 0) is 0 Å². The molecule has 0 aliphatic carbocycles. The smallest absolute Gasteiger partial charge is 0.160 e. The Hall–Kier alpha value is -2.47. The van der Waals surface area contributed by atoms with E-state index in [-0.39, 0.29) is 6.04 Å². The Kier molecular flexibility index (Phi) is 2.82. The molecule has 0 saturated carbocycles. The van der Waals surface area contributed by atoms with Crippen molar-refractivity contribution in [1.29, 1.82) is 0 Å². The van der Waals surface area contributed by atoms with E-state index in [4.69, 9.17) is 0 Å². The highest BCUT2D eigenvalue weighted by molar-refractivity contribution is 7.17. The maximum atomic E-state index is 4.36. The summed E-state index contributed by atoms with van der Waals surface area (Å²) in [6, 6.07) is 9.98. The summed E-state index contributed by atoms with van der Waals surface area (Å²) in [5.74, 6) is 0.895. The Morgan fingerprint density at radius 1 is 1.19 bits per heavy atom. The summed E-state index contributed by atoms with van der Waals surface area (Å²) < 4.78 is 3.17. The first kappa shape index (κ1) is 12.3. The molecule has 0 bridgehead atoms. The fraction of sp³-hybridized carbons (Fsp3) is 0.133. The van der Waals surface area contributed by atoms with Gasteiger partial charge in [-0.2, -0.15) is 0 Å². The number of rotatable bonds is 3. The molecule has 0 spiro atoms. The third-order valence-electron chi connectivity index (χ3n) is 3.44. The van der Waals surface area contributed by atoms with E-state index in [1.54, 1.807) is 11.3 Å². The standard InChI is InChI=1S/C15H13N5S/c1-10(15-19-18-13-4-2-3-8-20(13)15)17-12-5-7-16-11-6-9-21-14(11)12/h2-10H,1H3,(H,16,17). The molecule has 0 amide bonds. The number of nitrogens with one attached hydrogen (secondary N) is 1. The van der Waals surface area contributed by atoms with E-state index in [2.05, 4.69) is 32.8 Å². The maximum Gasteiger partial charge on any atom is 0.160 e. The third kappa shape index (κ3) is 2.04. The average molecular weight is 295 g/mol. The van der Waals surface area contributed by atoms with Gasteiger partial charge in [-0.15, -0.1) is 21.5 Å². The molecule has 4 rings (SSSR count). The summed E-state index contributed by atoms with van der Waals surface area (Å²) in [6.45, 7) is 2.09. The van der Waals surface area contributed by atoms with Crippen LogP contribution >= 0.6 is 11.3 Å². The lowest BCUT2D eigenvalue weighted by molar-refractivity contribution is 0.774. The van der Waals surface area contributed by atoms with Crippen LogP contribution in [0.25, 0.3) is 15.9 Å². The molecule has 4 aromatic heterocycles. The molecule has 0 saturated heterocycles. The van der Waals surface area contributed by atoms with Crippen LogP contribution in [0, 0.1) is 0 Å². The summed E-state index contributed by atoms with van der Waals surface area (Å²) in [5.41, 5.74) is 2.95. The lowest BCUT2D eigenvalue weighted by atomic mass is 10.2. The van der Waals surface area contributed by atoms with E-state index in [9.17, 15) is 0 Å². The molecule has 4 heterocycles. The fourth-order valence-electron chi connectivity index (χ4n) is 2.44. The van der Waals surface area contributed by atoms with Crippen molar-refractivity contribution in [3.8, 4) is 0 Å². The van der Waals surface area contributed by atoms with Crippen molar-refractivity contribution in [3.63, 3.8) is 0 Å². The number of anilines is 1. The number of fused-ring (bicyclic) bond motifs is 2. The monoisotopic (exact) mass is 295 g/mol. The molecule has 6 heteroatoms. The van der Waals surface area contributed by atoms with Gasteiger partial charge in [-0.25, -0.2) is 0 Å². The number of pyridine rings is 2. The first-order valence-corrected chi connectivity index (χ1v) is 7.59. The zero-order valence-corrected chi connectivity index (χ0v) is 12.2. The van der Waals surface area contributed by atoms with Crippen molar-refractivity contribution >= 4 is 32.9 Å². The largest absolute Gasteiger partial charge is 0.374 e. The number of hydrogen-bond donors (Lipinski definition) is 1. The zero-order valence-electron chi connectivity index (χ0n) is 11.4. The van der Waals surface area contributed by atoms with E-state index in [0.29, 0.717) is 0 Å². The quantitative estimate of drug-likeness (QED) is 0.628. The van der Waals surface area contributed by atoms with Gasteiger partial charge >= 0.3 is 0 Å². The van der Waals surface area contributed by atoms with E-state index in [1.807, 2.05) is 47.1 Å². The predicted molar refractivity (Wildman–Crippen MR) is 84.6 cm³/mol. The molecule has 0 aliphatic heterocycles. The SMILES string of the molecule is CC(Nc1ccnc2ccsc12)c1nnc2ccccn12. The van der Waals surface area contributed by atoms with Crippen molar-refractivity contribution in [1.82, 2.24) is 19.6 Å². The predicted octanol–water partition coefficient (Wildman–Crippen LogP) is 3.51. The zero-order chi connectivity index (χ0) is 14.2. The first-order chi connectivity index (χ1) is 10.3. The summed E-state index contributed by atoms with van der Waals surface area (Å²) in [7, 11) is 0. The van der Waals surface area contributed by atoms with Crippen molar-refractivity contribution in [3.05, 3.63) is 53.9 Å². The lowest BCUT2D eigenvalue weighted by Gasteiger charge is -2.14. The summed E-state index contributed by atoms with van der Waals surface area (Å²) in [6.07, 6.45) is 3.81. The third-order valence-corrected chi connectivity index (χ3v) is 4.38. The van der Waals surface area contributed by atoms with Crippen LogP contribution in [0.2, 0.25) is 0 Å². The van der Waals surface area contributed by atoms with Crippen molar-refractivity contribution in [2.75, 3.05) is 5.32 Å². The van der Waals surface area contributed by atoms with Gasteiger partial charge in [0.2, 0.25) is 0 Å². The van der Waals surface area contributed by atoms with Crippen LogP contribution < -0.4 is 5.32 Å². The lowest BCUT2D eigenvalue weighted by Crippen LogP contribution is -2.10. The van der Waals surface area contributed by atoms with Crippen LogP contribution in [0.3, 0.4) is 0 Å². The van der Waals surface area contributed by atoms with Gasteiger partial charge in [0.25, 0.3) is 0 Å². The topological polar surface area (TPSA) is 55.1 Å². The Morgan fingerprint density at radius 2 is 2.14 bits per heavy atom. The van der Waals surface area contributed by atoms with Gasteiger partial charge in [-0.3, -0.25) is 9.38 Å². The Labute approximate surface area is 125 Å². The molecule has 0 aliphatic rings. The second-order valence-corrected chi connectivity index (χ2v) is 5.76. The molecule has 5 nitrogen and oxygen atoms in total. The molecule has 0 aromatic carbocycles. The molecule has 0 fully saturated rings. The Balaban J connectivity index is 1.72. The minimum absolute atomic E-state index is 0.0510. The van der Waals surface area contributed by atoms with Gasteiger partial charge < -0.3 is 5.32 Å². The van der Waals surface area contributed by atoms with E-state index < -0.39 is 0 Å². The summed E-state index contributed by atoms with van der Waals surface area (Å²) in [4.78, 5) is 4.36. The van der Waals surface area contributed by atoms with E-state index in [0.717, 1.165) is 27.4 Å². The molecular formula is C15H13N5S. The number of aromatic nitrogens is 4. The van der Waals surface area contributed by atoms with Crippen LogP contribution in [0.5, 0.6) is 0 Å². The number of thiophene rings is 1. The van der Waals surface area contributed by atoms with Crippen molar-refractivity contribution in [2.45, 2.75) is 13.0 Å². The number of nitrogens with zero attached hydrogens (tertiary/aromatic N) is 4. The normalized spacial score (nSPS) is 12.8. The second-order valence-electron chi connectivity index (χ2n) is 4.85. The molecular weight excluding hydrogens is 282 g/mol. The first-order valence-electron chi connectivity index (χ1n) is 6.71. The highest BCUT2D eigenvalue weighted by Crippen LogP contribution is 2.29. The summed E-state index contributed by atoms with van der Waals surface area (Å²) in [5, 5.41) is 14.1. The minimum Gasteiger partial charge on any atom is -0.374 e. The van der Waals surface area contributed by atoms with Crippen LogP contribution in [-0.4, -0.2) is 19.6 Å². The van der Waals surface area contributed by atoms with Gasteiger partial charge in [0.15, 0.2) is 11.5 Å². The molecule has 0 radical (unpaired) electrons. The molecule has 1 unspecified atom stereocenters. The minimum atomic E-state index is 0.0510. The van der Waals surface area contributed by atoms with Gasteiger partial charge in [-0.1, -0.05) is 6.07 Å². The highest BCUT2D eigenvalue weighted by atomic mass is 32.1. The highest BCUT2D eigenvalue weighted by Gasteiger charge is 2.14. The van der Waals surface area contributed by atoms with Gasteiger partial charge in [0.05, 0.1) is 21.9 Å². The maximum absolute atomic E-state index is 4.36. The van der Waals surface area contributed by atoms with Crippen LogP contribution in [0.1, 0.15) is 18.8 Å². The molecule has 21 heavy (non-hydrogen) atoms. The van der Waals surface area contributed by atoms with Crippen LogP contribution in [0.15, 0.2) is 48.1 Å². The van der Waals surface area contributed by atoms with Crippen LogP contribution in [0.4, 0.5) is 5.69 Å². The van der Waals surface area contributed by atoms with Gasteiger partial charge in [0, 0.05) is 12.4 Å².